The summed E-state index contributed by atoms with van der Waals surface area (Å²) in [5, 5.41) is 3.66. The molecule has 0 aliphatic carbocycles. The summed E-state index contributed by atoms with van der Waals surface area (Å²) in [5.74, 6) is 0. The third-order valence-corrected chi connectivity index (χ3v) is 6.02. The van der Waals surface area contributed by atoms with Crippen LogP contribution in [0.1, 0.15) is 48.9 Å². The number of thioether (sulfide) groups is 1. The molecule has 0 saturated heterocycles. The van der Waals surface area contributed by atoms with Crippen molar-refractivity contribution in [1.82, 2.24) is 5.32 Å². The van der Waals surface area contributed by atoms with E-state index in [9.17, 15) is 0 Å². The standard InChI is InChI=1S/C17H29NS/c1-7-17(8-2,19-6)12-18-11-16-10-14(4)13(3)9-15(16)5/h9-10,18H,7-8,11-12H2,1-6H3. The van der Waals surface area contributed by atoms with E-state index in [0.29, 0.717) is 4.75 Å². The van der Waals surface area contributed by atoms with Crippen molar-refractivity contribution < 1.29 is 0 Å². The van der Waals surface area contributed by atoms with E-state index < -0.39 is 0 Å². The first-order chi connectivity index (χ1) is 8.98. The fraction of sp³-hybridized carbons (Fsp3) is 0.647. The maximum Gasteiger partial charge on any atom is 0.0276 e. The average molecular weight is 279 g/mol. The van der Waals surface area contributed by atoms with Crippen molar-refractivity contribution >= 4 is 11.8 Å². The zero-order valence-electron chi connectivity index (χ0n) is 13.4. The summed E-state index contributed by atoms with van der Waals surface area (Å²) < 4.78 is 0.396. The fourth-order valence-corrected chi connectivity index (χ4v) is 3.32. The Morgan fingerprint density at radius 3 is 2.11 bits per heavy atom. The molecule has 1 N–H and O–H groups in total. The van der Waals surface area contributed by atoms with Gasteiger partial charge in [-0.25, -0.2) is 0 Å². The zero-order chi connectivity index (χ0) is 14.5. The van der Waals surface area contributed by atoms with E-state index in [0.717, 1.165) is 13.1 Å². The van der Waals surface area contributed by atoms with E-state index in [2.05, 4.69) is 58.3 Å². The fourth-order valence-electron chi connectivity index (χ4n) is 2.50. The second kappa shape index (κ2) is 7.35. The van der Waals surface area contributed by atoms with E-state index in [1.165, 1.54) is 35.1 Å². The smallest absolute Gasteiger partial charge is 0.0276 e. The molecule has 1 nitrogen and oxygen atoms in total. The monoisotopic (exact) mass is 279 g/mol. The second-order valence-electron chi connectivity index (χ2n) is 5.56. The van der Waals surface area contributed by atoms with Crippen LogP contribution < -0.4 is 5.32 Å². The van der Waals surface area contributed by atoms with Crippen LogP contribution in [-0.4, -0.2) is 17.5 Å². The van der Waals surface area contributed by atoms with Gasteiger partial charge >= 0.3 is 0 Å². The molecule has 108 valence electrons. The van der Waals surface area contributed by atoms with Gasteiger partial charge in [0, 0.05) is 17.8 Å². The second-order valence-corrected chi connectivity index (χ2v) is 6.84. The van der Waals surface area contributed by atoms with Gasteiger partial charge in [-0.15, -0.1) is 0 Å². The molecule has 0 bridgehead atoms. The summed E-state index contributed by atoms with van der Waals surface area (Å²) in [6.45, 7) is 13.3. The molecule has 0 saturated carbocycles. The van der Waals surface area contributed by atoms with Crippen molar-refractivity contribution in [3.63, 3.8) is 0 Å². The van der Waals surface area contributed by atoms with Gasteiger partial charge in [-0.2, -0.15) is 11.8 Å². The molecule has 19 heavy (non-hydrogen) atoms. The van der Waals surface area contributed by atoms with Crippen LogP contribution in [0.5, 0.6) is 0 Å². The molecule has 0 unspecified atom stereocenters. The Morgan fingerprint density at radius 2 is 1.58 bits per heavy atom. The van der Waals surface area contributed by atoms with Crippen molar-refractivity contribution in [3.8, 4) is 0 Å². The van der Waals surface area contributed by atoms with Crippen LogP contribution in [0.15, 0.2) is 12.1 Å². The van der Waals surface area contributed by atoms with E-state index >= 15 is 0 Å². The van der Waals surface area contributed by atoms with Crippen molar-refractivity contribution in [2.45, 2.75) is 58.8 Å². The van der Waals surface area contributed by atoms with Crippen LogP contribution in [-0.2, 0) is 6.54 Å². The molecule has 0 amide bonds. The van der Waals surface area contributed by atoms with Crippen LogP contribution in [0.2, 0.25) is 0 Å². The molecule has 0 spiro atoms. The number of hydrogen-bond acceptors (Lipinski definition) is 2. The average Bonchev–Trinajstić information content (AvgIpc) is 2.41. The maximum absolute atomic E-state index is 3.66. The van der Waals surface area contributed by atoms with Gasteiger partial charge in [-0.3, -0.25) is 0 Å². The summed E-state index contributed by atoms with van der Waals surface area (Å²) >= 11 is 2.00. The molecule has 1 aromatic rings. The predicted octanol–water partition coefficient (Wildman–Crippen LogP) is 4.62. The lowest BCUT2D eigenvalue weighted by Crippen LogP contribution is -2.36. The lowest BCUT2D eigenvalue weighted by Gasteiger charge is -2.30. The molecular weight excluding hydrogens is 250 g/mol. The summed E-state index contributed by atoms with van der Waals surface area (Å²) in [6.07, 6.45) is 4.68. The van der Waals surface area contributed by atoms with Gasteiger partial charge in [0.15, 0.2) is 0 Å². The number of rotatable bonds is 7. The molecule has 1 aromatic carbocycles. The first-order valence-electron chi connectivity index (χ1n) is 7.30. The largest absolute Gasteiger partial charge is 0.311 e. The first-order valence-corrected chi connectivity index (χ1v) is 8.53. The highest BCUT2D eigenvalue weighted by Crippen LogP contribution is 2.29. The zero-order valence-corrected chi connectivity index (χ0v) is 14.2. The van der Waals surface area contributed by atoms with Crippen LogP contribution >= 0.6 is 11.8 Å². The number of benzene rings is 1. The molecule has 2 heteroatoms. The highest BCUT2D eigenvalue weighted by molar-refractivity contribution is 8.00. The van der Waals surface area contributed by atoms with Crippen molar-refractivity contribution in [2.24, 2.45) is 0 Å². The molecule has 0 radical (unpaired) electrons. The lowest BCUT2D eigenvalue weighted by molar-refractivity contribution is 0.494. The Hall–Kier alpha value is -0.470. The highest BCUT2D eigenvalue weighted by atomic mass is 32.2. The first kappa shape index (κ1) is 16.6. The Balaban J connectivity index is 2.65. The van der Waals surface area contributed by atoms with E-state index in [-0.39, 0.29) is 0 Å². The third kappa shape index (κ3) is 4.25. The third-order valence-electron chi connectivity index (χ3n) is 4.44. The summed E-state index contributed by atoms with van der Waals surface area (Å²) in [6, 6.07) is 4.63. The molecule has 0 fully saturated rings. The summed E-state index contributed by atoms with van der Waals surface area (Å²) in [5.41, 5.74) is 5.62. The van der Waals surface area contributed by atoms with Gasteiger partial charge in [0.05, 0.1) is 0 Å². The van der Waals surface area contributed by atoms with Gasteiger partial charge in [-0.05, 0) is 62.1 Å². The quantitative estimate of drug-likeness (QED) is 0.781. The molecule has 1 rings (SSSR count). The molecular formula is C17H29NS. The highest BCUT2D eigenvalue weighted by Gasteiger charge is 2.24. The topological polar surface area (TPSA) is 12.0 Å². The minimum atomic E-state index is 0.396. The Labute approximate surface area is 123 Å². The van der Waals surface area contributed by atoms with E-state index in [1.54, 1.807) is 0 Å². The van der Waals surface area contributed by atoms with Crippen molar-refractivity contribution in [2.75, 3.05) is 12.8 Å². The molecule has 0 heterocycles. The van der Waals surface area contributed by atoms with E-state index in [4.69, 9.17) is 0 Å². The van der Waals surface area contributed by atoms with Crippen LogP contribution in [0, 0.1) is 20.8 Å². The Kier molecular flexibility index (Phi) is 6.41. The van der Waals surface area contributed by atoms with Crippen molar-refractivity contribution in [1.29, 1.82) is 0 Å². The predicted molar refractivity (Wildman–Crippen MR) is 89.2 cm³/mol. The van der Waals surface area contributed by atoms with Gasteiger partial charge in [0.2, 0.25) is 0 Å². The molecule has 0 aliphatic heterocycles. The van der Waals surface area contributed by atoms with Crippen LogP contribution in [0.3, 0.4) is 0 Å². The Bertz CT molecular complexity index is 400. The SMILES string of the molecule is CCC(CC)(CNCc1cc(C)c(C)cc1C)SC. The van der Waals surface area contributed by atoms with E-state index in [1.807, 2.05) is 11.8 Å². The van der Waals surface area contributed by atoms with Gasteiger partial charge in [0.25, 0.3) is 0 Å². The Morgan fingerprint density at radius 1 is 1.00 bits per heavy atom. The normalized spacial score (nSPS) is 11.9. The van der Waals surface area contributed by atoms with Gasteiger partial charge in [0.1, 0.15) is 0 Å². The number of nitrogens with one attached hydrogen (secondary N) is 1. The maximum atomic E-state index is 3.66. The molecule has 0 aliphatic rings. The van der Waals surface area contributed by atoms with Gasteiger partial charge < -0.3 is 5.32 Å². The van der Waals surface area contributed by atoms with Gasteiger partial charge in [-0.1, -0.05) is 26.0 Å². The van der Waals surface area contributed by atoms with Crippen molar-refractivity contribution in [3.05, 3.63) is 34.4 Å². The molecule has 0 atom stereocenters. The number of aryl methyl sites for hydroxylation is 3. The minimum absolute atomic E-state index is 0.396. The minimum Gasteiger partial charge on any atom is -0.311 e. The van der Waals surface area contributed by atoms with Crippen LogP contribution in [0.25, 0.3) is 0 Å². The lowest BCUT2D eigenvalue weighted by atomic mass is 9.99. The summed E-state index contributed by atoms with van der Waals surface area (Å²) in [4.78, 5) is 0. The molecule has 0 aromatic heterocycles. The van der Waals surface area contributed by atoms with Crippen LogP contribution in [0.4, 0.5) is 0 Å². The number of hydrogen-bond donors (Lipinski definition) is 1. The summed E-state index contributed by atoms with van der Waals surface area (Å²) in [7, 11) is 0.